The molecule has 0 aliphatic rings. The van der Waals surface area contributed by atoms with Crippen molar-refractivity contribution in [1.82, 2.24) is 0 Å². The van der Waals surface area contributed by atoms with Gasteiger partial charge in [-0.1, -0.05) is 48.5 Å². The van der Waals surface area contributed by atoms with Crippen LogP contribution in [-0.4, -0.2) is 30.3 Å². The van der Waals surface area contributed by atoms with Crippen molar-refractivity contribution >= 4 is 40.0 Å². The molecule has 1 heterocycles. The minimum Gasteiger partial charge on any atom is -0.466 e. The predicted molar refractivity (Wildman–Crippen MR) is 169 cm³/mol. The van der Waals surface area contributed by atoms with Crippen molar-refractivity contribution in [3.05, 3.63) is 120 Å². The molecule has 0 saturated heterocycles. The summed E-state index contributed by atoms with van der Waals surface area (Å²) in [5, 5.41) is 7.41. The zero-order valence-electron chi connectivity index (χ0n) is 24.0. The Balaban J connectivity index is 1.24. The highest BCUT2D eigenvalue weighted by Gasteiger charge is 2.20. The summed E-state index contributed by atoms with van der Waals surface area (Å²) >= 11 is 0. The molecule has 1 amide bonds. The summed E-state index contributed by atoms with van der Waals surface area (Å²) in [6.07, 6.45) is 1.40. The van der Waals surface area contributed by atoms with Gasteiger partial charge in [0.15, 0.2) is 5.78 Å². The molecule has 1 aromatic heterocycles. The first-order valence-corrected chi connectivity index (χ1v) is 14.5. The maximum atomic E-state index is 13.5. The lowest BCUT2D eigenvalue weighted by Gasteiger charge is -2.20. The zero-order valence-corrected chi connectivity index (χ0v) is 24.0. The third kappa shape index (κ3) is 7.98. The van der Waals surface area contributed by atoms with Crippen LogP contribution in [0, 0.1) is 0 Å². The van der Waals surface area contributed by atoms with Crippen LogP contribution in [0.25, 0.3) is 22.3 Å². The number of rotatable bonds is 13. The fraction of sp³-hybridized carbons (Fsp3) is 0.194. The molecule has 0 fully saturated rings. The van der Waals surface area contributed by atoms with Gasteiger partial charge in [-0.15, -0.1) is 0 Å². The molecular weight excluding hydrogens is 540 g/mol. The highest BCUT2D eigenvalue weighted by Crippen LogP contribution is 2.28. The van der Waals surface area contributed by atoms with Gasteiger partial charge >= 0.3 is 5.97 Å². The normalized spacial score (nSPS) is 11.6. The number of carbonyl (C=O) groups excluding carboxylic acids is 3. The Hall–Kier alpha value is -5.17. The maximum absolute atomic E-state index is 13.5. The average Bonchev–Trinajstić information content (AvgIpc) is 3.46. The lowest BCUT2D eigenvalue weighted by atomic mass is 10.0. The van der Waals surface area contributed by atoms with Gasteiger partial charge in [0, 0.05) is 47.2 Å². The van der Waals surface area contributed by atoms with Crippen molar-refractivity contribution in [1.29, 1.82) is 0 Å². The lowest BCUT2D eigenvalue weighted by Crippen LogP contribution is -2.36. The zero-order chi connectivity index (χ0) is 30.0. The molecule has 5 rings (SSSR count). The molecule has 0 saturated carbocycles. The molecule has 0 radical (unpaired) electrons. The number of amides is 1. The van der Waals surface area contributed by atoms with Crippen LogP contribution in [-0.2, 0) is 20.7 Å². The number of ether oxygens (including phenoxy) is 1. The number of benzene rings is 4. The van der Waals surface area contributed by atoms with E-state index in [0.29, 0.717) is 30.7 Å². The monoisotopic (exact) mass is 574 g/mol. The topological polar surface area (TPSA) is 97.6 Å². The first-order valence-electron chi connectivity index (χ1n) is 14.5. The molecule has 1 atom stereocenters. The Morgan fingerprint density at radius 1 is 0.791 bits per heavy atom. The number of hydrogen-bond acceptors (Lipinski definition) is 6. The van der Waals surface area contributed by atoms with Crippen molar-refractivity contribution in [3.63, 3.8) is 0 Å². The smallest absolute Gasteiger partial charge is 0.305 e. The number of ketones is 1. The van der Waals surface area contributed by atoms with Crippen LogP contribution in [0.1, 0.15) is 42.1 Å². The molecule has 0 unspecified atom stereocenters. The third-order valence-corrected chi connectivity index (χ3v) is 7.10. The van der Waals surface area contributed by atoms with Crippen LogP contribution in [0.5, 0.6) is 0 Å². The number of fused-ring (bicyclic) bond motifs is 1. The highest BCUT2D eigenvalue weighted by atomic mass is 16.5. The Labute approximate surface area is 250 Å². The fourth-order valence-electron chi connectivity index (χ4n) is 4.85. The van der Waals surface area contributed by atoms with Crippen LogP contribution >= 0.6 is 0 Å². The van der Waals surface area contributed by atoms with E-state index in [1.54, 1.807) is 31.2 Å². The number of para-hydroxylation sites is 1. The summed E-state index contributed by atoms with van der Waals surface area (Å²) in [5.74, 6) is 0.253. The second-order valence-electron chi connectivity index (χ2n) is 10.3. The van der Waals surface area contributed by atoms with Gasteiger partial charge in [0.2, 0.25) is 5.91 Å². The van der Waals surface area contributed by atoms with Crippen LogP contribution in [0.2, 0.25) is 0 Å². The second kappa shape index (κ2) is 14.1. The first kappa shape index (κ1) is 29.3. The number of esters is 1. The van der Waals surface area contributed by atoms with Crippen molar-refractivity contribution < 1.29 is 23.5 Å². The van der Waals surface area contributed by atoms with Crippen molar-refractivity contribution in [2.75, 3.05) is 17.2 Å². The molecule has 7 nitrogen and oxygen atoms in total. The lowest BCUT2D eigenvalue weighted by molar-refractivity contribution is -0.143. The minimum absolute atomic E-state index is 0.0412. The number of furan rings is 1. The average molecular weight is 575 g/mol. The van der Waals surface area contributed by atoms with E-state index in [-0.39, 0.29) is 30.5 Å². The van der Waals surface area contributed by atoms with Gasteiger partial charge in [-0.05, 0) is 79.6 Å². The largest absolute Gasteiger partial charge is 0.466 e. The van der Waals surface area contributed by atoms with E-state index in [9.17, 15) is 14.4 Å². The van der Waals surface area contributed by atoms with E-state index in [0.717, 1.165) is 33.5 Å². The molecule has 43 heavy (non-hydrogen) atoms. The van der Waals surface area contributed by atoms with Crippen molar-refractivity contribution in [2.45, 2.75) is 38.6 Å². The summed E-state index contributed by atoms with van der Waals surface area (Å²) < 4.78 is 10.9. The molecule has 5 aromatic rings. The summed E-state index contributed by atoms with van der Waals surface area (Å²) in [6, 6.07) is 33.8. The standard InChI is InChI=1S/C36H34N2O5/c1-2-42-35(40)14-8-12-32(39)26-15-19-29(20-16-26)37-31(23-25-9-4-3-5-10-25)36(41)38-30-21-17-27(18-22-30)34-24-28-11-6-7-13-33(28)43-34/h3-7,9-11,13,15-22,24,31,37H,2,8,12,14,23H2,1H3,(H,38,41)/t31-/m0/s1. The Kier molecular flexibility index (Phi) is 9.64. The van der Waals surface area contributed by atoms with Crippen molar-refractivity contribution in [2.24, 2.45) is 0 Å². The van der Waals surface area contributed by atoms with Gasteiger partial charge in [0.05, 0.1) is 6.61 Å². The molecule has 2 N–H and O–H groups in total. The van der Waals surface area contributed by atoms with E-state index in [4.69, 9.17) is 9.15 Å². The van der Waals surface area contributed by atoms with Crippen LogP contribution < -0.4 is 10.6 Å². The van der Waals surface area contributed by atoms with E-state index in [1.807, 2.05) is 84.9 Å². The van der Waals surface area contributed by atoms with E-state index >= 15 is 0 Å². The van der Waals surface area contributed by atoms with E-state index in [2.05, 4.69) is 10.6 Å². The summed E-state index contributed by atoms with van der Waals surface area (Å²) in [5.41, 5.74) is 4.72. The Morgan fingerprint density at radius 3 is 2.21 bits per heavy atom. The fourth-order valence-corrected chi connectivity index (χ4v) is 4.85. The van der Waals surface area contributed by atoms with Gasteiger partial charge < -0.3 is 19.8 Å². The number of Topliss-reactive ketones (excluding diaryl/α,β-unsaturated/α-hetero) is 1. The third-order valence-electron chi connectivity index (χ3n) is 7.10. The van der Waals surface area contributed by atoms with E-state index in [1.165, 1.54) is 0 Å². The maximum Gasteiger partial charge on any atom is 0.305 e. The number of carbonyl (C=O) groups is 3. The quantitative estimate of drug-likeness (QED) is 0.111. The van der Waals surface area contributed by atoms with Gasteiger partial charge in [0.1, 0.15) is 17.4 Å². The van der Waals surface area contributed by atoms with Crippen LogP contribution in [0.4, 0.5) is 11.4 Å². The summed E-state index contributed by atoms with van der Waals surface area (Å²) in [6.45, 7) is 2.09. The molecule has 0 aliphatic heterocycles. The molecular formula is C36H34N2O5. The SMILES string of the molecule is CCOC(=O)CCCC(=O)c1ccc(N[C@@H](Cc2ccccc2)C(=O)Nc2ccc(-c3cc4ccccc4o3)cc2)cc1. The number of nitrogens with one attached hydrogen (secondary N) is 2. The summed E-state index contributed by atoms with van der Waals surface area (Å²) in [7, 11) is 0. The summed E-state index contributed by atoms with van der Waals surface area (Å²) in [4.78, 5) is 37.6. The molecule has 218 valence electrons. The van der Waals surface area contributed by atoms with Gasteiger partial charge in [0.25, 0.3) is 0 Å². The Morgan fingerprint density at radius 2 is 1.49 bits per heavy atom. The molecule has 0 aliphatic carbocycles. The molecule has 4 aromatic carbocycles. The van der Waals surface area contributed by atoms with Crippen LogP contribution in [0.15, 0.2) is 114 Å². The highest BCUT2D eigenvalue weighted by molar-refractivity contribution is 5.98. The number of anilines is 2. The van der Waals surface area contributed by atoms with Gasteiger partial charge in [-0.3, -0.25) is 14.4 Å². The number of hydrogen-bond donors (Lipinski definition) is 2. The van der Waals surface area contributed by atoms with Gasteiger partial charge in [-0.2, -0.15) is 0 Å². The first-order chi connectivity index (χ1) is 21.0. The Bertz CT molecular complexity index is 1640. The molecule has 7 heteroatoms. The minimum atomic E-state index is -0.566. The predicted octanol–water partition coefficient (Wildman–Crippen LogP) is 7.68. The molecule has 0 bridgehead atoms. The van der Waals surface area contributed by atoms with Gasteiger partial charge in [-0.25, -0.2) is 0 Å². The molecule has 0 spiro atoms. The second-order valence-corrected chi connectivity index (χ2v) is 10.3. The van der Waals surface area contributed by atoms with Crippen LogP contribution in [0.3, 0.4) is 0 Å². The van der Waals surface area contributed by atoms with E-state index < -0.39 is 6.04 Å². The van der Waals surface area contributed by atoms with Crippen molar-refractivity contribution in [3.8, 4) is 11.3 Å².